The van der Waals surface area contributed by atoms with Gasteiger partial charge in [-0.05, 0) is 6.42 Å². The van der Waals surface area contributed by atoms with Crippen LogP contribution in [0.15, 0.2) is 17.8 Å². The molecule has 0 aliphatic rings. The van der Waals surface area contributed by atoms with Gasteiger partial charge in [0, 0.05) is 12.7 Å². The highest BCUT2D eigenvalue weighted by Crippen LogP contribution is 1.77. The van der Waals surface area contributed by atoms with Crippen LogP contribution in [-0.4, -0.2) is 17.9 Å². The monoisotopic (exact) mass is 127 g/mol. The van der Waals surface area contributed by atoms with Crippen LogP contribution in [0, 0.1) is 0 Å². The van der Waals surface area contributed by atoms with Crippen LogP contribution in [-0.2, 0) is 0 Å². The lowest BCUT2D eigenvalue weighted by molar-refractivity contribution is 0.451. The van der Waals surface area contributed by atoms with Crippen molar-refractivity contribution in [2.75, 3.05) is 6.54 Å². The number of hydrogen-bond donors (Lipinski definition) is 1. The summed E-state index contributed by atoms with van der Waals surface area (Å²) < 4.78 is 0. The fourth-order valence-electron chi connectivity index (χ4n) is 0.449. The Morgan fingerprint density at radius 1 is 1.78 bits per heavy atom. The van der Waals surface area contributed by atoms with Crippen molar-refractivity contribution in [3.05, 3.63) is 12.8 Å². The Hall–Kier alpha value is -0.830. The Morgan fingerprint density at radius 3 is 2.89 bits per heavy atom. The third kappa shape index (κ3) is 5.03. The molecule has 0 rings (SSSR count). The maximum atomic E-state index is 5.41. The summed E-state index contributed by atoms with van der Waals surface area (Å²) in [5.74, 6) is 5.41. The second-order valence-corrected chi connectivity index (χ2v) is 1.68. The van der Waals surface area contributed by atoms with Gasteiger partial charge >= 0.3 is 0 Å². The van der Waals surface area contributed by atoms with E-state index >= 15 is 0 Å². The predicted molar refractivity (Wildman–Crippen MR) is 39.9 cm³/mol. The molecule has 0 atom stereocenters. The van der Waals surface area contributed by atoms with Gasteiger partial charge in [0.1, 0.15) is 6.34 Å². The van der Waals surface area contributed by atoms with E-state index in [9.17, 15) is 0 Å². The van der Waals surface area contributed by atoms with E-state index in [1.807, 2.05) is 0 Å². The van der Waals surface area contributed by atoms with E-state index in [2.05, 4.69) is 18.5 Å². The van der Waals surface area contributed by atoms with Crippen molar-refractivity contribution in [1.29, 1.82) is 0 Å². The van der Waals surface area contributed by atoms with Crippen molar-refractivity contribution in [1.82, 2.24) is 5.01 Å². The first kappa shape index (κ1) is 8.17. The van der Waals surface area contributed by atoms with Crippen LogP contribution < -0.4 is 5.84 Å². The summed E-state index contributed by atoms with van der Waals surface area (Å²) in [5, 5.41) is 1.53. The molecule has 0 aromatic carbocycles. The van der Waals surface area contributed by atoms with Crippen LogP contribution in [0.1, 0.15) is 13.3 Å². The minimum Gasteiger partial charge on any atom is -0.301 e. The SMILES string of the molecule is C=CN=CN(N)CCC. The molecule has 0 radical (unpaired) electrons. The number of nitrogens with zero attached hydrogens (tertiary/aromatic N) is 2. The van der Waals surface area contributed by atoms with Gasteiger partial charge in [-0.1, -0.05) is 13.5 Å². The number of hydrazine groups is 1. The van der Waals surface area contributed by atoms with Crippen molar-refractivity contribution >= 4 is 6.34 Å². The van der Waals surface area contributed by atoms with Crippen molar-refractivity contribution in [2.24, 2.45) is 10.8 Å². The molecule has 0 aliphatic carbocycles. The highest BCUT2D eigenvalue weighted by molar-refractivity contribution is 5.54. The Morgan fingerprint density at radius 2 is 2.44 bits per heavy atom. The number of rotatable bonds is 4. The van der Waals surface area contributed by atoms with Crippen LogP contribution in [0.25, 0.3) is 0 Å². The third-order valence-electron chi connectivity index (χ3n) is 0.802. The van der Waals surface area contributed by atoms with Gasteiger partial charge < -0.3 is 5.01 Å². The van der Waals surface area contributed by atoms with E-state index in [1.165, 1.54) is 11.2 Å². The minimum atomic E-state index is 0.831. The molecule has 0 heterocycles. The Kier molecular flexibility index (Phi) is 4.82. The first-order chi connectivity index (χ1) is 4.31. The number of nitrogens with two attached hydrogens (primary N) is 1. The molecule has 0 fully saturated rings. The van der Waals surface area contributed by atoms with Crippen molar-refractivity contribution in [3.8, 4) is 0 Å². The molecule has 0 saturated heterocycles. The lowest BCUT2D eigenvalue weighted by Gasteiger charge is -2.08. The largest absolute Gasteiger partial charge is 0.301 e. The summed E-state index contributed by atoms with van der Waals surface area (Å²) in [6.07, 6.45) is 4.03. The van der Waals surface area contributed by atoms with Gasteiger partial charge in [0.05, 0.1) is 0 Å². The van der Waals surface area contributed by atoms with E-state index in [4.69, 9.17) is 5.84 Å². The summed E-state index contributed by atoms with van der Waals surface area (Å²) in [5.41, 5.74) is 0. The standard InChI is InChI=1S/C6H13N3/c1-3-5-9(7)6-8-4-2/h4,6H,2-3,5,7H2,1H3. The second-order valence-electron chi connectivity index (χ2n) is 1.68. The number of aliphatic imine (C=N–C) groups is 1. The lowest BCUT2D eigenvalue weighted by Crippen LogP contribution is -2.29. The molecular weight excluding hydrogens is 114 g/mol. The van der Waals surface area contributed by atoms with Gasteiger partial charge in [-0.25, -0.2) is 10.8 Å². The van der Waals surface area contributed by atoms with Gasteiger partial charge in [0.2, 0.25) is 0 Å². The quantitative estimate of drug-likeness (QED) is 0.262. The van der Waals surface area contributed by atoms with E-state index in [0.717, 1.165) is 13.0 Å². The fraction of sp³-hybridized carbons (Fsp3) is 0.500. The predicted octanol–water partition coefficient (Wildman–Crippen LogP) is 0.744. The van der Waals surface area contributed by atoms with Crippen LogP contribution >= 0.6 is 0 Å². The number of hydrogen-bond acceptors (Lipinski definition) is 2. The van der Waals surface area contributed by atoms with Crippen molar-refractivity contribution in [2.45, 2.75) is 13.3 Å². The summed E-state index contributed by atoms with van der Waals surface area (Å²) in [4.78, 5) is 3.73. The molecule has 9 heavy (non-hydrogen) atoms. The highest BCUT2D eigenvalue weighted by atomic mass is 15.4. The zero-order valence-electron chi connectivity index (χ0n) is 5.75. The summed E-state index contributed by atoms with van der Waals surface area (Å²) >= 11 is 0. The van der Waals surface area contributed by atoms with Gasteiger partial charge in [0.15, 0.2) is 0 Å². The second kappa shape index (κ2) is 5.31. The van der Waals surface area contributed by atoms with E-state index in [1.54, 1.807) is 6.34 Å². The van der Waals surface area contributed by atoms with Gasteiger partial charge in [0.25, 0.3) is 0 Å². The molecule has 0 spiro atoms. The Bertz CT molecular complexity index is 98.5. The van der Waals surface area contributed by atoms with Crippen LogP contribution in [0.5, 0.6) is 0 Å². The molecule has 0 unspecified atom stereocenters. The molecule has 3 heteroatoms. The molecule has 0 aromatic rings. The molecule has 0 aliphatic heterocycles. The molecular formula is C6H13N3. The van der Waals surface area contributed by atoms with E-state index < -0.39 is 0 Å². The van der Waals surface area contributed by atoms with Crippen molar-refractivity contribution < 1.29 is 0 Å². The topological polar surface area (TPSA) is 41.6 Å². The molecule has 0 aromatic heterocycles. The molecule has 0 bridgehead atoms. The molecule has 2 N–H and O–H groups in total. The van der Waals surface area contributed by atoms with E-state index in [-0.39, 0.29) is 0 Å². The Balaban J connectivity index is 3.35. The normalized spacial score (nSPS) is 10.0. The maximum Gasteiger partial charge on any atom is 0.104 e. The fourth-order valence-corrected chi connectivity index (χ4v) is 0.449. The first-order valence-electron chi connectivity index (χ1n) is 2.96. The molecule has 0 saturated carbocycles. The summed E-state index contributed by atoms with van der Waals surface area (Å²) in [6.45, 7) is 6.30. The zero-order valence-corrected chi connectivity index (χ0v) is 5.75. The zero-order chi connectivity index (χ0) is 7.11. The summed E-state index contributed by atoms with van der Waals surface area (Å²) in [6, 6.07) is 0. The van der Waals surface area contributed by atoms with Crippen LogP contribution in [0.4, 0.5) is 0 Å². The van der Waals surface area contributed by atoms with Crippen LogP contribution in [0.3, 0.4) is 0 Å². The summed E-state index contributed by atoms with van der Waals surface area (Å²) in [7, 11) is 0. The molecule has 0 amide bonds. The third-order valence-corrected chi connectivity index (χ3v) is 0.802. The van der Waals surface area contributed by atoms with Crippen LogP contribution in [0.2, 0.25) is 0 Å². The van der Waals surface area contributed by atoms with E-state index in [0.29, 0.717) is 0 Å². The minimum absolute atomic E-state index is 0.831. The van der Waals surface area contributed by atoms with Gasteiger partial charge in [-0.2, -0.15) is 0 Å². The highest BCUT2D eigenvalue weighted by Gasteiger charge is 1.84. The Labute approximate surface area is 55.8 Å². The average molecular weight is 127 g/mol. The first-order valence-corrected chi connectivity index (χ1v) is 2.96. The van der Waals surface area contributed by atoms with Gasteiger partial charge in [-0.3, -0.25) is 0 Å². The maximum absolute atomic E-state index is 5.41. The van der Waals surface area contributed by atoms with Gasteiger partial charge in [-0.15, -0.1) is 0 Å². The lowest BCUT2D eigenvalue weighted by atomic mass is 10.5. The molecule has 52 valence electrons. The van der Waals surface area contributed by atoms with Crippen molar-refractivity contribution in [3.63, 3.8) is 0 Å². The average Bonchev–Trinajstić information content (AvgIpc) is 1.85. The molecule has 3 nitrogen and oxygen atoms in total. The smallest absolute Gasteiger partial charge is 0.104 e.